The quantitative estimate of drug-likeness (QED) is 0.839. The first-order valence-electron chi connectivity index (χ1n) is 6.11. The lowest BCUT2D eigenvalue weighted by molar-refractivity contribution is 0.207. The minimum absolute atomic E-state index is 0.478. The molecule has 0 aromatic carbocycles. The summed E-state index contributed by atoms with van der Waals surface area (Å²) in [6, 6.07) is 4.12. The highest BCUT2D eigenvalue weighted by Crippen LogP contribution is 2.25. The zero-order valence-corrected chi connectivity index (χ0v) is 10.2. The van der Waals surface area contributed by atoms with Gasteiger partial charge in [-0.25, -0.2) is 5.01 Å². The van der Waals surface area contributed by atoms with Gasteiger partial charge in [0.15, 0.2) is 0 Å². The second-order valence-electron chi connectivity index (χ2n) is 4.48. The van der Waals surface area contributed by atoms with Crippen LogP contribution in [-0.4, -0.2) is 30.1 Å². The van der Waals surface area contributed by atoms with E-state index in [4.69, 9.17) is 5.26 Å². The van der Waals surface area contributed by atoms with Crippen LogP contribution in [0.15, 0.2) is 18.5 Å². The number of hydrogen-bond acceptors (Lipinski definition) is 4. The molecule has 1 aliphatic rings. The molecule has 1 atom stereocenters. The van der Waals surface area contributed by atoms with Crippen LogP contribution in [0.25, 0.3) is 0 Å². The summed E-state index contributed by atoms with van der Waals surface area (Å²) in [4.78, 5) is 4.15. The first-order chi connectivity index (χ1) is 8.33. The zero-order valence-electron chi connectivity index (χ0n) is 10.2. The van der Waals surface area contributed by atoms with Gasteiger partial charge in [0.2, 0.25) is 0 Å². The molecule has 0 aliphatic carbocycles. The Morgan fingerprint density at radius 2 is 2.35 bits per heavy atom. The molecule has 0 bridgehead atoms. The van der Waals surface area contributed by atoms with E-state index in [1.54, 1.807) is 6.20 Å². The normalized spacial score (nSPS) is 21.8. The molecule has 1 aliphatic heterocycles. The summed E-state index contributed by atoms with van der Waals surface area (Å²) in [6.07, 6.45) is 7.15. The Balaban J connectivity index is 2.16. The second kappa shape index (κ2) is 5.76. The molecule has 1 N–H and O–H groups in total. The highest BCUT2D eigenvalue weighted by Gasteiger charge is 2.19. The van der Waals surface area contributed by atoms with Crippen LogP contribution < -0.4 is 5.43 Å². The first-order valence-corrected chi connectivity index (χ1v) is 6.11. The van der Waals surface area contributed by atoms with E-state index in [-0.39, 0.29) is 0 Å². The lowest BCUT2D eigenvalue weighted by Gasteiger charge is -2.23. The number of nitrogens with one attached hydrogen (secondary N) is 1. The summed E-state index contributed by atoms with van der Waals surface area (Å²) in [5.41, 5.74) is 5.06. The van der Waals surface area contributed by atoms with E-state index < -0.39 is 0 Å². The molecule has 90 valence electrons. The van der Waals surface area contributed by atoms with Crippen LogP contribution in [0.5, 0.6) is 0 Å². The Bertz CT molecular complexity index is 410. The Labute approximate surface area is 102 Å². The number of aromatic nitrogens is 1. The Hall–Kier alpha value is -1.44. The predicted octanol–water partition coefficient (Wildman–Crippen LogP) is 1.66. The average Bonchev–Trinajstić information content (AvgIpc) is 2.64. The van der Waals surface area contributed by atoms with Gasteiger partial charge in [0.1, 0.15) is 6.07 Å². The largest absolute Gasteiger partial charge is 0.263 e. The lowest BCUT2D eigenvalue weighted by Crippen LogP contribution is -2.37. The average molecular weight is 230 g/mol. The third-order valence-electron chi connectivity index (χ3n) is 3.35. The predicted molar refractivity (Wildman–Crippen MR) is 66.2 cm³/mol. The minimum Gasteiger partial charge on any atom is -0.263 e. The molecule has 17 heavy (non-hydrogen) atoms. The molecule has 1 aromatic heterocycles. The third kappa shape index (κ3) is 3.02. The van der Waals surface area contributed by atoms with Gasteiger partial charge in [-0.1, -0.05) is 6.42 Å². The summed E-state index contributed by atoms with van der Waals surface area (Å²) >= 11 is 0. The van der Waals surface area contributed by atoms with Gasteiger partial charge < -0.3 is 0 Å². The van der Waals surface area contributed by atoms with Gasteiger partial charge in [0.25, 0.3) is 0 Å². The Morgan fingerprint density at radius 3 is 3.12 bits per heavy atom. The molecule has 2 rings (SSSR count). The number of nitriles is 1. The fourth-order valence-electron chi connectivity index (χ4n) is 2.36. The van der Waals surface area contributed by atoms with Crippen LogP contribution in [0.3, 0.4) is 0 Å². The summed E-state index contributed by atoms with van der Waals surface area (Å²) in [7, 11) is 1.96. The topological polar surface area (TPSA) is 52.0 Å². The van der Waals surface area contributed by atoms with Crippen LogP contribution in [0, 0.1) is 11.3 Å². The molecule has 1 aromatic rings. The zero-order chi connectivity index (χ0) is 12.1. The fourth-order valence-corrected chi connectivity index (χ4v) is 2.36. The second-order valence-corrected chi connectivity index (χ2v) is 4.48. The molecule has 0 unspecified atom stereocenters. The van der Waals surface area contributed by atoms with Crippen LogP contribution in [0.2, 0.25) is 0 Å². The van der Waals surface area contributed by atoms with E-state index in [0.717, 1.165) is 13.1 Å². The Kier molecular flexibility index (Phi) is 4.08. The van der Waals surface area contributed by atoms with Crippen molar-refractivity contribution in [1.29, 1.82) is 5.26 Å². The van der Waals surface area contributed by atoms with E-state index in [0.29, 0.717) is 11.5 Å². The van der Waals surface area contributed by atoms with E-state index in [2.05, 4.69) is 21.5 Å². The number of rotatable bonds is 2. The number of hydrazine groups is 1. The van der Waals surface area contributed by atoms with Crippen molar-refractivity contribution < 1.29 is 0 Å². The molecule has 0 saturated carbocycles. The SMILES string of the molecule is CNN1CCCC[C@@H](c2cncc(C#N)c2)C1. The van der Waals surface area contributed by atoms with Crippen molar-refractivity contribution >= 4 is 0 Å². The van der Waals surface area contributed by atoms with Gasteiger partial charge in [-0.05, 0) is 37.4 Å². The Morgan fingerprint density at radius 1 is 1.47 bits per heavy atom. The van der Waals surface area contributed by atoms with Gasteiger partial charge in [0, 0.05) is 25.5 Å². The molecule has 4 heteroatoms. The van der Waals surface area contributed by atoms with Crippen molar-refractivity contribution in [2.24, 2.45) is 0 Å². The van der Waals surface area contributed by atoms with Crippen molar-refractivity contribution in [3.63, 3.8) is 0 Å². The maximum Gasteiger partial charge on any atom is 0.101 e. The molecule has 4 nitrogen and oxygen atoms in total. The van der Waals surface area contributed by atoms with E-state index >= 15 is 0 Å². The van der Waals surface area contributed by atoms with Crippen molar-refractivity contribution in [3.05, 3.63) is 29.6 Å². The van der Waals surface area contributed by atoms with E-state index in [1.165, 1.54) is 24.8 Å². The standard InChI is InChI=1S/C13H18N4/c1-15-17-5-3-2-4-12(10-17)13-6-11(7-14)8-16-9-13/h6,8-9,12,15H,2-5,10H2,1H3/t12-/m1/s1. The van der Waals surface area contributed by atoms with Gasteiger partial charge in [-0.2, -0.15) is 5.26 Å². The van der Waals surface area contributed by atoms with E-state index in [1.807, 2.05) is 19.3 Å². The molecule has 2 heterocycles. The summed E-state index contributed by atoms with van der Waals surface area (Å²) in [5.74, 6) is 0.478. The van der Waals surface area contributed by atoms with Crippen LogP contribution >= 0.6 is 0 Å². The van der Waals surface area contributed by atoms with Crippen molar-refractivity contribution in [2.75, 3.05) is 20.1 Å². The lowest BCUT2D eigenvalue weighted by atomic mass is 9.95. The van der Waals surface area contributed by atoms with Crippen molar-refractivity contribution in [1.82, 2.24) is 15.4 Å². The van der Waals surface area contributed by atoms with Crippen LogP contribution in [0.1, 0.15) is 36.3 Å². The third-order valence-corrected chi connectivity index (χ3v) is 3.35. The molecular weight excluding hydrogens is 212 g/mol. The molecule has 1 saturated heterocycles. The van der Waals surface area contributed by atoms with Crippen LogP contribution in [-0.2, 0) is 0 Å². The minimum atomic E-state index is 0.478. The molecule has 0 spiro atoms. The molecule has 1 fully saturated rings. The number of hydrogen-bond donors (Lipinski definition) is 1. The van der Waals surface area contributed by atoms with Crippen molar-refractivity contribution in [2.45, 2.75) is 25.2 Å². The summed E-state index contributed by atoms with van der Waals surface area (Å²) in [6.45, 7) is 2.09. The molecule has 0 radical (unpaired) electrons. The summed E-state index contributed by atoms with van der Waals surface area (Å²) < 4.78 is 0. The maximum absolute atomic E-state index is 8.90. The maximum atomic E-state index is 8.90. The first kappa shape index (κ1) is 12.0. The molecule has 0 amide bonds. The van der Waals surface area contributed by atoms with Gasteiger partial charge in [0.05, 0.1) is 5.56 Å². The van der Waals surface area contributed by atoms with Gasteiger partial charge >= 0.3 is 0 Å². The van der Waals surface area contributed by atoms with Gasteiger partial charge in [-0.15, -0.1) is 0 Å². The molecular formula is C13H18N4. The smallest absolute Gasteiger partial charge is 0.101 e. The monoisotopic (exact) mass is 230 g/mol. The summed E-state index contributed by atoms with van der Waals surface area (Å²) in [5, 5.41) is 11.1. The fraction of sp³-hybridized carbons (Fsp3) is 0.538. The van der Waals surface area contributed by atoms with Gasteiger partial charge in [-0.3, -0.25) is 10.4 Å². The highest BCUT2D eigenvalue weighted by atomic mass is 15.5. The number of pyridine rings is 1. The van der Waals surface area contributed by atoms with Crippen molar-refractivity contribution in [3.8, 4) is 6.07 Å². The highest BCUT2D eigenvalue weighted by molar-refractivity contribution is 5.31. The van der Waals surface area contributed by atoms with Crippen LogP contribution in [0.4, 0.5) is 0 Å². The number of nitrogens with zero attached hydrogens (tertiary/aromatic N) is 3. The van der Waals surface area contributed by atoms with E-state index in [9.17, 15) is 0 Å².